The second-order valence-corrected chi connectivity index (χ2v) is 37.8. The van der Waals surface area contributed by atoms with Crippen LogP contribution in [-0.4, -0.2) is 68.4 Å². The van der Waals surface area contributed by atoms with Gasteiger partial charge in [-0.2, -0.15) is 0 Å². The molecule has 0 bridgehead atoms. The fourth-order valence-corrected chi connectivity index (χ4v) is 16.4. The van der Waals surface area contributed by atoms with Crippen molar-refractivity contribution in [1.82, 2.24) is 0 Å². The van der Waals surface area contributed by atoms with E-state index in [1.165, 1.54) is 132 Å². The van der Waals surface area contributed by atoms with Gasteiger partial charge in [-0.25, -0.2) is 4.57 Å². The average Bonchev–Trinajstić information content (AvgIpc) is 0.808. The first-order valence-corrected chi connectivity index (χ1v) is 46.6. The predicted molar refractivity (Wildman–Crippen MR) is 490 cm³/mol. The molecule has 1 aliphatic heterocycles. The molecule has 2 unspecified atom stereocenters. The van der Waals surface area contributed by atoms with Gasteiger partial charge in [0.1, 0.15) is 29.9 Å². The minimum atomic E-state index is -4.22. The monoisotopic (exact) mass is 1570 g/mol. The maximum atomic E-state index is 12.7. The summed E-state index contributed by atoms with van der Waals surface area (Å²) in [7, 11) is 0. The van der Waals surface area contributed by atoms with Crippen molar-refractivity contribution in [2.24, 2.45) is 5.92 Å². The molecule has 0 aliphatic carbocycles. The molecule has 0 spiro atoms. The summed E-state index contributed by atoms with van der Waals surface area (Å²) in [4.78, 5) is 10.3. The average molecular weight is 1570 g/mol. The Labute approximate surface area is 687 Å². The van der Waals surface area contributed by atoms with Crippen molar-refractivity contribution in [3.8, 4) is 0 Å². The summed E-state index contributed by atoms with van der Waals surface area (Å²) < 4.78 is 23.3. The van der Waals surface area contributed by atoms with Crippen LogP contribution in [0.2, 0.25) is 0 Å². The van der Waals surface area contributed by atoms with E-state index in [1.54, 1.807) is 0 Å². The van der Waals surface area contributed by atoms with Gasteiger partial charge in [0.25, 0.3) is 0 Å². The SMILES string of the molecule is CC(C)=CCC/C(C)=C\CC/C(C)=C\CC/C(C)=C\CC/C(C)=C\CC/C(C)=C\CC/C(C)=C\CC/C(C)=C\CC/C(C)=C\CC/C(C)=C\CC/C(C)=C\CC/C(C)=C\CC/C(C)=C\CC/C(C)=C\CC/C(C)=C\CC/C(C)=C\CC/C(C)=C\CC/C(C)=C\CCC(C)CCOP(=O)(O)S[C@@H]1O[C@H](CO)[C@@H](O)[C@H](O)[C@@H]1O. The molecule has 0 amide bonds. The molecule has 0 saturated carbocycles. The first-order chi connectivity index (χ1) is 52.8. The van der Waals surface area contributed by atoms with Crippen LogP contribution < -0.4 is 0 Å². The highest BCUT2D eigenvalue weighted by Crippen LogP contribution is 2.59. The van der Waals surface area contributed by atoms with E-state index < -0.39 is 43.3 Å². The van der Waals surface area contributed by atoms with Gasteiger partial charge in [-0.05, 0) is 386 Å². The predicted octanol–water partition coefficient (Wildman–Crippen LogP) is 30.8. The van der Waals surface area contributed by atoms with Crippen molar-refractivity contribution in [2.75, 3.05) is 13.2 Å². The maximum absolute atomic E-state index is 12.7. The van der Waals surface area contributed by atoms with Crippen LogP contribution in [0.25, 0.3) is 0 Å². The van der Waals surface area contributed by atoms with Gasteiger partial charge in [-0.3, -0.25) is 0 Å². The molecule has 0 aromatic carbocycles. The van der Waals surface area contributed by atoms with Crippen LogP contribution in [-0.2, 0) is 13.8 Å². The van der Waals surface area contributed by atoms with Gasteiger partial charge < -0.3 is 34.6 Å². The summed E-state index contributed by atoms with van der Waals surface area (Å²) in [6.07, 6.45) is 79.1. The van der Waals surface area contributed by atoms with Gasteiger partial charge in [0.05, 0.1) is 13.2 Å². The molecule has 111 heavy (non-hydrogen) atoms. The fourth-order valence-electron chi connectivity index (χ4n) is 13.5. The molecule has 8 nitrogen and oxygen atoms in total. The number of allylic oxidation sites excluding steroid dienone is 36. The highest BCUT2D eigenvalue weighted by molar-refractivity contribution is 8.55. The van der Waals surface area contributed by atoms with Gasteiger partial charge in [0.15, 0.2) is 0 Å². The first-order valence-electron chi connectivity index (χ1n) is 43.5. The van der Waals surface area contributed by atoms with E-state index in [0.717, 1.165) is 199 Å². The summed E-state index contributed by atoms with van der Waals surface area (Å²) in [5.74, 6) is 0.271. The second-order valence-electron chi connectivity index (χ2n) is 33.9. The molecule has 0 aromatic rings. The van der Waals surface area contributed by atoms with Crippen LogP contribution in [0.4, 0.5) is 0 Å². The number of rotatable bonds is 61. The molecule has 1 fully saturated rings. The van der Waals surface area contributed by atoms with Crippen molar-refractivity contribution >= 4 is 18.2 Å². The Morgan fingerprint density at radius 2 is 0.495 bits per heavy atom. The number of hydrogen-bond acceptors (Lipinski definition) is 8. The lowest BCUT2D eigenvalue weighted by Crippen LogP contribution is -2.57. The Morgan fingerprint density at radius 1 is 0.306 bits per heavy atom. The zero-order valence-corrected chi connectivity index (χ0v) is 76.5. The molecular weight excluding hydrogens is 1400 g/mol. The topological polar surface area (TPSA) is 137 Å². The molecule has 7 atom stereocenters. The van der Waals surface area contributed by atoms with Gasteiger partial charge in [0.2, 0.25) is 0 Å². The molecule has 0 aromatic heterocycles. The molecule has 630 valence electrons. The molecule has 0 radical (unpaired) electrons. The van der Waals surface area contributed by atoms with Crippen molar-refractivity contribution in [3.05, 3.63) is 210 Å². The van der Waals surface area contributed by atoms with E-state index in [0.29, 0.717) is 17.8 Å². The number of aliphatic hydroxyl groups is 4. The van der Waals surface area contributed by atoms with E-state index in [4.69, 9.17) is 9.26 Å². The van der Waals surface area contributed by atoms with Crippen molar-refractivity contribution in [2.45, 2.75) is 406 Å². The van der Waals surface area contributed by atoms with Crippen LogP contribution >= 0.6 is 18.2 Å². The molecule has 1 aliphatic rings. The summed E-state index contributed by atoms with van der Waals surface area (Å²) in [5, 5.41) is 39.6. The summed E-state index contributed by atoms with van der Waals surface area (Å²) in [6.45, 7) is 40.7. The summed E-state index contributed by atoms with van der Waals surface area (Å²) in [6, 6.07) is 0. The molecule has 1 heterocycles. The van der Waals surface area contributed by atoms with Gasteiger partial charge >= 0.3 is 6.80 Å². The maximum Gasteiger partial charge on any atom is 0.389 e. The van der Waals surface area contributed by atoms with Crippen LogP contribution in [0.15, 0.2) is 210 Å². The van der Waals surface area contributed by atoms with Crippen LogP contribution in [0.5, 0.6) is 0 Å². The standard InChI is InChI=1S/C101H167O8PS/c1-78(2)39-21-40-79(3)41-22-42-80(4)43-23-44-81(5)45-24-46-82(6)47-25-48-83(7)49-26-50-84(8)51-27-52-85(9)53-28-54-86(10)55-29-56-87(11)57-30-58-88(12)59-31-60-89(13)61-32-62-90(14)63-33-64-91(15)65-34-66-92(16)67-35-68-93(17)69-36-70-94(18)71-37-72-95(19)73-38-74-96(20)75-76-108-110(106,107)111-101-100(105)99(104)98(103)97(77-102)109-101/h39,41,43,45,47,49,51,53,55,57,59,61,63,65,67,69,71,73,96-105H,21-38,40,42,44,46,48,50,52,54,56,58,60,62,64,66,68,70,72,74-77H2,1-20H3,(H,106,107)/b79-41-,80-43-,81-45-,82-47-,83-49-,84-51-,85-53-,86-55-,87-57-,88-59-,89-61-,90-63-,91-65-,92-67-,93-69-,94-71-,95-73-/t96?,97-,98-,99+,100+,101+/m1/s1. The minimum absolute atomic E-state index is 0.0569. The van der Waals surface area contributed by atoms with Crippen LogP contribution in [0.3, 0.4) is 0 Å². The molecule has 10 heteroatoms. The quantitative estimate of drug-likeness (QED) is 0.0298. The van der Waals surface area contributed by atoms with Gasteiger partial charge in [-0.1, -0.05) is 217 Å². The summed E-state index contributed by atoms with van der Waals surface area (Å²) >= 11 is 0.368. The highest BCUT2D eigenvalue weighted by atomic mass is 32.7. The Kier molecular flexibility index (Phi) is 61.0. The molecule has 1 saturated heterocycles. The van der Waals surface area contributed by atoms with E-state index >= 15 is 0 Å². The Bertz CT molecular complexity index is 3250. The Balaban J connectivity index is 2.23. The van der Waals surface area contributed by atoms with Gasteiger partial charge in [0, 0.05) is 0 Å². The lowest BCUT2D eigenvalue weighted by molar-refractivity contribution is -0.205. The van der Waals surface area contributed by atoms with Crippen LogP contribution in [0.1, 0.15) is 376 Å². The zero-order chi connectivity index (χ0) is 82.8. The fraction of sp³-hybridized carbons (Fsp3) is 0.644. The Hall–Kier alpha value is -4.38. The third kappa shape index (κ3) is 59.9. The highest BCUT2D eigenvalue weighted by Gasteiger charge is 2.46. The van der Waals surface area contributed by atoms with Crippen molar-refractivity contribution in [1.29, 1.82) is 0 Å². The van der Waals surface area contributed by atoms with E-state index in [9.17, 15) is 29.9 Å². The summed E-state index contributed by atoms with van der Waals surface area (Å²) in [5.41, 5.74) is 25.6. The van der Waals surface area contributed by atoms with E-state index in [2.05, 4.69) is 248 Å². The largest absolute Gasteiger partial charge is 0.394 e. The normalized spacial score (nSPS) is 19.8. The smallest absolute Gasteiger partial charge is 0.389 e. The van der Waals surface area contributed by atoms with Crippen molar-refractivity contribution in [3.63, 3.8) is 0 Å². The number of ether oxygens (including phenoxy) is 1. The Morgan fingerprint density at radius 3 is 0.685 bits per heavy atom. The minimum Gasteiger partial charge on any atom is -0.394 e. The third-order valence-corrected chi connectivity index (χ3v) is 24.8. The first kappa shape index (κ1) is 105. The lowest BCUT2D eigenvalue weighted by atomic mass is 10.0. The molecular formula is C101H167O8PS. The third-order valence-electron chi connectivity index (χ3n) is 21.7. The van der Waals surface area contributed by atoms with Crippen LogP contribution in [0, 0.1) is 5.92 Å². The zero-order valence-electron chi connectivity index (χ0n) is 74.7. The molecule has 5 N–H and O–H groups in total. The van der Waals surface area contributed by atoms with E-state index in [-0.39, 0.29) is 12.5 Å². The van der Waals surface area contributed by atoms with Gasteiger partial charge in [-0.15, -0.1) is 0 Å². The lowest BCUT2D eigenvalue weighted by Gasteiger charge is -2.39. The molecule has 1 rings (SSSR count). The van der Waals surface area contributed by atoms with E-state index in [1.807, 2.05) is 0 Å². The number of hydrogen-bond donors (Lipinski definition) is 5. The van der Waals surface area contributed by atoms with Crippen molar-refractivity contribution < 1.29 is 39.1 Å². The number of aliphatic hydroxyl groups excluding tert-OH is 4. The second kappa shape index (κ2) is 64.7.